The van der Waals surface area contributed by atoms with Crippen molar-refractivity contribution in [2.75, 3.05) is 6.61 Å². The molecular weight excluding hydrogens is 318 g/mol. The fourth-order valence-electron chi connectivity index (χ4n) is 2.07. The summed E-state index contributed by atoms with van der Waals surface area (Å²) >= 11 is 7.32. The highest BCUT2D eigenvalue weighted by Gasteiger charge is 2.11. The number of ether oxygens (including phenoxy) is 1. The number of nitrogens with one attached hydrogen (secondary N) is 1. The predicted octanol–water partition coefficient (Wildman–Crippen LogP) is 4.61. The Kier molecular flexibility index (Phi) is 6.28. The summed E-state index contributed by atoms with van der Waals surface area (Å²) in [7, 11) is 0. The van der Waals surface area contributed by atoms with Crippen molar-refractivity contribution in [1.82, 2.24) is 5.32 Å². The Morgan fingerprint density at radius 2 is 2.09 bits per heavy atom. The number of rotatable bonds is 7. The third-order valence-electron chi connectivity index (χ3n) is 3.51. The molecule has 2 aromatic rings. The van der Waals surface area contributed by atoms with Crippen molar-refractivity contribution in [3.8, 4) is 5.75 Å². The van der Waals surface area contributed by atoms with Crippen LogP contribution >= 0.6 is 22.9 Å². The van der Waals surface area contributed by atoms with Gasteiger partial charge in [-0.25, -0.2) is 0 Å². The molecule has 0 aliphatic rings. The van der Waals surface area contributed by atoms with E-state index >= 15 is 0 Å². The number of carbonyl (C=O) groups is 1. The molecule has 1 N–H and O–H groups in total. The zero-order chi connectivity index (χ0) is 15.9. The summed E-state index contributed by atoms with van der Waals surface area (Å²) < 4.78 is 6.41. The molecule has 0 aliphatic heterocycles. The van der Waals surface area contributed by atoms with Crippen LogP contribution in [0.1, 0.15) is 36.6 Å². The maximum Gasteiger partial charge on any atom is 0.258 e. The van der Waals surface area contributed by atoms with E-state index in [0.717, 1.165) is 26.9 Å². The number of carbonyl (C=O) groups excluding carboxylic acids is 1. The lowest BCUT2D eigenvalue weighted by Gasteiger charge is -2.15. The van der Waals surface area contributed by atoms with Gasteiger partial charge in [-0.1, -0.05) is 43.6 Å². The number of para-hydroxylation sites is 1. The maximum absolute atomic E-state index is 11.9. The molecule has 1 heterocycles. The van der Waals surface area contributed by atoms with Gasteiger partial charge in [-0.05, 0) is 36.1 Å². The van der Waals surface area contributed by atoms with E-state index in [2.05, 4.69) is 25.2 Å². The molecule has 1 unspecified atom stereocenters. The predicted molar refractivity (Wildman–Crippen MR) is 91.8 cm³/mol. The zero-order valence-electron chi connectivity index (χ0n) is 12.8. The van der Waals surface area contributed by atoms with Gasteiger partial charge < -0.3 is 10.1 Å². The Bertz CT molecular complexity index is 627. The van der Waals surface area contributed by atoms with Crippen molar-refractivity contribution in [3.63, 3.8) is 0 Å². The van der Waals surface area contributed by atoms with Gasteiger partial charge in [0.25, 0.3) is 5.91 Å². The highest BCUT2D eigenvalue weighted by Crippen LogP contribution is 2.28. The zero-order valence-corrected chi connectivity index (χ0v) is 14.3. The van der Waals surface area contributed by atoms with E-state index in [1.54, 1.807) is 0 Å². The van der Waals surface area contributed by atoms with Gasteiger partial charge in [0.1, 0.15) is 5.75 Å². The number of thiophene rings is 1. The van der Waals surface area contributed by atoms with E-state index in [9.17, 15) is 4.79 Å². The molecule has 2 rings (SSSR count). The van der Waals surface area contributed by atoms with Gasteiger partial charge in [0.15, 0.2) is 6.61 Å². The van der Waals surface area contributed by atoms with E-state index in [0.29, 0.717) is 12.5 Å². The summed E-state index contributed by atoms with van der Waals surface area (Å²) in [6.45, 7) is 4.79. The normalized spacial score (nSPS) is 12.0. The van der Waals surface area contributed by atoms with Gasteiger partial charge in [0.05, 0.1) is 10.9 Å². The summed E-state index contributed by atoms with van der Waals surface area (Å²) in [5.74, 6) is 1.06. The summed E-state index contributed by atoms with van der Waals surface area (Å²) in [6.07, 6.45) is 1.03. The maximum atomic E-state index is 11.9. The summed E-state index contributed by atoms with van der Waals surface area (Å²) in [6, 6.07) is 11.6. The van der Waals surface area contributed by atoms with E-state index in [4.69, 9.17) is 16.3 Å². The largest absolute Gasteiger partial charge is 0.483 e. The van der Waals surface area contributed by atoms with Crippen LogP contribution in [0.4, 0.5) is 0 Å². The summed E-state index contributed by atoms with van der Waals surface area (Å²) in [5.41, 5.74) is 1.14. The van der Waals surface area contributed by atoms with Crippen molar-refractivity contribution >= 4 is 28.8 Å². The first kappa shape index (κ1) is 16.8. The van der Waals surface area contributed by atoms with Crippen LogP contribution < -0.4 is 10.1 Å². The third-order valence-corrected chi connectivity index (χ3v) is 4.74. The SMILES string of the molecule is CCC(C)c1ccccc1OCC(=O)NCc1ccc(Cl)s1. The monoisotopic (exact) mass is 337 g/mol. The van der Waals surface area contributed by atoms with Crippen LogP contribution in [-0.2, 0) is 11.3 Å². The molecule has 5 heteroatoms. The molecule has 1 amide bonds. The number of benzene rings is 1. The van der Waals surface area contributed by atoms with E-state index in [1.807, 2.05) is 30.3 Å². The molecule has 0 radical (unpaired) electrons. The molecule has 1 aromatic carbocycles. The number of amides is 1. The topological polar surface area (TPSA) is 38.3 Å². The molecule has 1 atom stereocenters. The average Bonchev–Trinajstić information content (AvgIpc) is 2.96. The highest BCUT2D eigenvalue weighted by molar-refractivity contribution is 7.16. The number of hydrogen-bond donors (Lipinski definition) is 1. The Hall–Kier alpha value is -1.52. The van der Waals surface area contributed by atoms with Crippen molar-refractivity contribution in [2.45, 2.75) is 32.7 Å². The molecule has 0 aliphatic carbocycles. The van der Waals surface area contributed by atoms with Crippen molar-refractivity contribution in [1.29, 1.82) is 0 Å². The molecule has 0 spiro atoms. The molecule has 0 saturated carbocycles. The minimum Gasteiger partial charge on any atom is -0.483 e. The summed E-state index contributed by atoms with van der Waals surface area (Å²) in [4.78, 5) is 12.9. The van der Waals surface area contributed by atoms with E-state index in [-0.39, 0.29) is 12.5 Å². The second-order valence-corrected chi connectivity index (χ2v) is 6.92. The van der Waals surface area contributed by atoms with E-state index < -0.39 is 0 Å². The van der Waals surface area contributed by atoms with Crippen molar-refractivity contribution < 1.29 is 9.53 Å². The van der Waals surface area contributed by atoms with Gasteiger partial charge >= 0.3 is 0 Å². The van der Waals surface area contributed by atoms with Crippen LogP contribution in [0, 0.1) is 0 Å². The van der Waals surface area contributed by atoms with Gasteiger partial charge in [0.2, 0.25) is 0 Å². The fourth-order valence-corrected chi connectivity index (χ4v) is 3.09. The first-order chi connectivity index (χ1) is 10.6. The smallest absolute Gasteiger partial charge is 0.258 e. The first-order valence-electron chi connectivity index (χ1n) is 7.32. The molecule has 0 saturated heterocycles. The van der Waals surface area contributed by atoms with Crippen LogP contribution in [0.25, 0.3) is 0 Å². The quantitative estimate of drug-likeness (QED) is 0.801. The first-order valence-corrected chi connectivity index (χ1v) is 8.52. The fraction of sp³-hybridized carbons (Fsp3) is 0.353. The number of halogens is 1. The third kappa shape index (κ3) is 4.75. The Labute approximate surface area is 140 Å². The highest BCUT2D eigenvalue weighted by atomic mass is 35.5. The van der Waals surface area contributed by atoms with Crippen LogP contribution in [0.3, 0.4) is 0 Å². The lowest BCUT2D eigenvalue weighted by atomic mass is 9.98. The molecule has 1 aromatic heterocycles. The van der Waals surface area contributed by atoms with Gasteiger partial charge in [-0.3, -0.25) is 4.79 Å². The molecule has 3 nitrogen and oxygen atoms in total. The van der Waals surface area contributed by atoms with Crippen molar-refractivity contribution in [3.05, 3.63) is 51.2 Å². The number of hydrogen-bond acceptors (Lipinski definition) is 3. The molecule has 0 bridgehead atoms. The minimum atomic E-state index is -0.136. The van der Waals surface area contributed by atoms with E-state index in [1.165, 1.54) is 11.3 Å². The van der Waals surface area contributed by atoms with Gasteiger partial charge in [0, 0.05) is 4.88 Å². The summed E-state index contributed by atoms with van der Waals surface area (Å²) in [5, 5.41) is 2.83. The molecule has 118 valence electrons. The van der Waals surface area contributed by atoms with Gasteiger partial charge in [-0.2, -0.15) is 0 Å². The average molecular weight is 338 g/mol. The molecular formula is C17H20ClNO2S. The van der Waals surface area contributed by atoms with Crippen LogP contribution in [0.2, 0.25) is 4.34 Å². The lowest BCUT2D eigenvalue weighted by molar-refractivity contribution is -0.123. The van der Waals surface area contributed by atoms with Crippen LogP contribution in [-0.4, -0.2) is 12.5 Å². The Morgan fingerprint density at radius 3 is 2.77 bits per heavy atom. The second kappa shape index (κ2) is 8.20. The Balaban J connectivity index is 1.86. The molecule has 22 heavy (non-hydrogen) atoms. The standard InChI is InChI=1S/C17H20ClNO2S/c1-3-12(2)14-6-4-5-7-15(14)21-11-17(20)19-10-13-8-9-16(18)22-13/h4-9,12H,3,10-11H2,1-2H3,(H,19,20). The van der Waals surface area contributed by atoms with Crippen molar-refractivity contribution in [2.24, 2.45) is 0 Å². The lowest BCUT2D eigenvalue weighted by Crippen LogP contribution is -2.28. The Morgan fingerprint density at radius 1 is 1.32 bits per heavy atom. The van der Waals surface area contributed by atoms with Crippen LogP contribution in [0.15, 0.2) is 36.4 Å². The second-order valence-electron chi connectivity index (χ2n) is 5.12. The van der Waals surface area contributed by atoms with Gasteiger partial charge in [-0.15, -0.1) is 11.3 Å². The van der Waals surface area contributed by atoms with Crippen LogP contribution in [0.5, 0.6) is 5.75 Å². The minimum absolute atomic E-state index is 0.0204. The molecule has 0 fully saturated rings.